The number of nitrogens with zero attached hydrogens (tertiary/aromatic N) is 2. The van der Waals surface area contributed by atoms with Gasteiger partial charge in [-0.3, -0.25) is 0 Å². The van der Waals surface area contributed by atoms with Crippen LogP contribution in [-0.4, -0.2) is 39.5 Å². The van der Waals surface area contributed by atoms with Gasteiger partial charge in [-0.05, 0) is 25.2 Å². The van der Waals surface area contributed by atoms with Gasteiger partial charge in [0.2, 0.25) is 10.0 Å². The Bertz CT molecular complexity index is 592. The Labute approximate surface area is 119 Å². The van der Waals surface area contributed by atoms with Crippen molar-refractivity contribution in [3.63, 3.8) is 0 Å². The molecule has 0 amide bonds. The molecule has 1 rings (SSSR count). The summed E-state index contributed by atoms with van der Waals surface area (Å²) in [7, 11) is -3.88. The van der Waals surface area contributed by atoms with Crippen LogP contribution in [0.5, 0.6) is 0 Å². The number of halogens is 1. The molecular formula is C13H18FN3O2S. The molecule has 0 aliphatic rings. The zero-order valence-corrected chi connectivity index (χ0v) is 12.4. The Morgan fingerprint density at radius 2 is 2.00 bits per heavy atom. The summed E-state index contributed by atoms with van der Waals surface area (Å²) in [5, 5.41) is 8.86. The summed E-state index contributed by atoms with van der Waals surface area (Å²) in [6.45, 7) is 6.38. The molecule has 1 aromatic carbocycles. The average molecular weight is 299 g/mol. The maximum atomic E-state index is 13.4. The van der Waals surface area contributed by atoms with Crippen LogP contribution in [0.15, 0.2) is 23.1 Å². The van der Waals surface area contributed by atoms with Gasteiger partial charge in [0.15, 0.2) is 0 Å². The van der Waals surface area contributed by atoms with Crippen LogP contribution < -0.4 is 4.72 Å². The molecular weight excluding hydrogens is 281 g/mol. The van der Waals surface area contributed by atoms with E-state index >= 15 is 0 Å². The van der Waals surface area contributed by atoms with Gasteiger partial charge in [-0.2, -0.15) is 5.26 Å². The normalized spacial score (nSPS) is 11.6. The summed E-state index contributed by atoms with van der Waals surface area (Å²) in [6, 6.07) is 5.15. The molecule has 0 heterocycles. The van der Waals surface area contributed by atoms with Crippen molar-refractivity contribution in [2.75, 3.05) is 26.2 Å². The molecule has 0 saturated heterocycles. The molecule has 1 N–H and O–H groups in total. The zero-order valence-electron chi connectivity index (χ0n) is 11.6. The van der Waals surface area contributed by atoms with Crippen molar-refractivity contribution in [3.8, 4) is 6.07 Å². The van der Waals surface area contributed by atoms with E-state index in [2.05, 4.69) is 9.62 Å². The second kappa shape index (κ2) is 7.33. The molecule has 0 bridgehead atoms. The lowest BCUT2D eigenvalue weighted by Gasteiger charge is -2.18. The second-order valence-electron chi connectivity index (χ2n) is 4.15. The van der Waals surface area contributed by atoms with Crippen molar-refractivity contribution in [2.24, 2.45) is 0 Å². The highest BCUT2D eigenvalue weighted by Gasteiger charge is 2.20. The molecule has 7 heteroatoms. The number of likely N-dealkylation sites (N-methyl/N-ethyl adjacent to an activating group) is 1. The maximum absolute atomic E-state index is 13.4. The van der Waals surface area contributed by atoms with Crippen LogP contribution in [-0.2, 0) is 10.0 Å². The molecule has 0 spiro atoms. The van der Waals surface area contributed by atoms with E-state index in [-0.39, 0.29) is 11.4 Å². The monoisotopic (exact) mass is 299 g/mol. The lowest BCUT2D eigenvalue weighted by Crippen LogP contribution is -2.35. The van der Waals surface area contributed by atoms with Crippen molar-refractivity contribution >= 4 is 10.0 Å². The first-order chi connectivity index (χ1) is 9.46. The van der Waals surface area contributed by atoms with Crippen LogP contribution >= 0.6 is 0 Å². The number of hydrogen-bond donors (Lipinski definition) is 1. The van der Waals surface area contributed by atoms with E-state index in [9.17, 15) is 12.8 Å². The minimum atomic E-state index is -3.88. The summed E-state index contributed by atoms with van der Waals surface area (Å²) in [6.07, 6.45) is 0. The standard InChI is InChI=1S/C13H18FN3O2S/c1-3-17(4-2)9-8-16-20(18,19)13-7-5-6-12(14)11(13)10-15/h5-7,16H,3-4,8-9H2,1-2H3. The van der Waals surface area contributed by atoms with E-state index in [4.69, 9.17) is 5.26 Å². The van der Waals surface area contributed by atoms with Gasteiger partial charge in [0.1, 0.15) is 22.3 Å². The van der Waals surface area contributed by atoms with Gasteiger partial charge < -0.3 is 4.90 Å². The van der Waals surface area contributed by atoms with Crippen molar-refractivity contribution in [1.82, 2.24) is 9.62 Å². The largest absolute Gasteiger partial charge is 0.303 e. The molecule has 0 unspecified atom stereocenters. The first-order valence-corrected chi connectivity index (χ1v) is 7.85. The minimum Gasteiger partial charge on any atom is -0.303 e. The number of nitriles is 1. The van der Waals surface area contributed by atoms with Gasteiger partial charge in [0.05, 0.1) is 0 Å². The Hall–Kier alpha value is -1.49. The van der Waals surface area contributed by atoms with Gasteiger partial charge in [-0.25, -0.2) is 17.5 Å². The van der Waals surface area contributed by atoms with E-state index in [1.54, 1.807) is 6.07 Å². The molecule has 0 aliphatic heterocycles. The molecule has 0 radical (unpaired) electrons. The first-order valence-electron chi connectivity index (χ1n) is 6.36. The molecule has 110 valence electrons. The van der Waals surface area contributed by atoms with E-state index < -0.39 is 21.4 Å². The van der Waals surface area contributed by atoms with E-state index in [1.165, 1.54) is 12.1 Å². The Balaban J connectivity index is 2.85. The third-order valence-electron chi connectivity index (χ3n) is 2.99. The Morgan fingerprint density at radius 1 is 1.35 bits per heavy atom. The average Bonchev–Trinajstić information content (AvgIpc) is 2.43. The summed E-state index contributed by atoms with van der Waals surface area (Å²) in [5.74, 6) is -0.834. The minimum absolute atomic E-state index is 0.214. The maximum Gasteiger partial charge on any atom is 0.242 e. The molecule has 5 nitrogen and oxygen atoms in total. The molecule has 0 aliphatic carbocycles. The Kier molecular flexibility index (Phi) is 6.07. The van der Waals surface area contributed by atoms with Gasteiger partial charge in [0, 0.05) is 13.1 Å². The van der Waals surface area contributed by atoms with Crippen LogP contribution in [0.4, 0.5) is 4.39 Å². The van der Waals surface area contributed by atoms with Crippen LogP contribution in [0.3, 0.4) is 0 Å². The smallest absolute Gasteiger partial charge is 0.242 e. The van der Waals surface area contributed by atoms with Gasteiger partial charge >= 0.3 is 0 Å². The molecule has 20 heavy (non-hydrogen) atoms. The number of hydrogen-bond acceptors (Lipinski definition) is 4. The SMILES string of the molecule is CCN(CC)CCNS(=O)(=O)c1cccc(F)c1C#N. The van der Waals surface area contributed by atoms with Crippen molar-refractivity contribution in [2.45, 2.75) is 18.7 Å². The fourth-order valence-corrected chi connectivity index (χ4v) is 2.98. The topological polar surface area (TPSA) is 73.2 Å². The predicted octanol–water partition coefficient (Wildman–Crippen LogP) is 1.32. The fraction of sp³-hybridized carbons (Fsp3) is 0.462. The lowest BCUT2D eigenvalue weighted by molar-refractivity contribution is 0.309. The van der Waals surface area contributed by atoms with Crippen molar-refractivity contribution < 1.29 is 12.8 Å². The molecule has 0 atom stereocenters. The summed E-state index contributed by atoms with van der Waals surface area (Å²) in [5.41, 5.74) is -0.456. The summed E-state index contributed by atoms with van der Waals surface area (Å²) >= 11 is 0. The van der Waals surface area contributed by atoms with Crippen LogP contribution in [0, 0.1) is 17.1 Å². The summed E-state index contributed by atoms with van der Waals surface area (Å²) < 4.78 is 40.0. The molecule has 1 aromatic rings. The molecule has 0 saturated carbocycles. The second-order valence-corrected chi connectivity index (χ2v) is 5.88. The fourth-order valence-electron chi connectivity index (χ4n) is 1.79. The number of benzene rings is 1. The molecule has 0 aromatic heterocycles. The number of rotatable bonds is 7. The number of sulfonamides is 1. The van der Waals surface area contributed by atoms with Crippen LogP contribution in [0.25, 0.3) is 0 Å². The van der Waals surface area contributed by atoms with Gasteiger partial charge in [0.25, 0.3) is 0 Å². The lowest BCUT2D eigenvalue weighted by atomic mass is 10.2. The van der Waals surface area contributed by atoms with Gasteiger partial charge in [-0.15, -0.1) is 0 Å². The highest BCUT2D eigenvalue weighted by Crippen LogP contribution is 2.17. The molecule has 0 fully saturated rings. The van der Waals surface area contributed by atoms with Crippen LogP contribution in [0.1, 0.15) is 19.4 Å². The first kappa shape index (κ1) is 16.6. The third-order valence-corrected chi connectivity index (χ3v) is 4.49. The van der Waals surface area contributed by atoms with E-state index in [0.717, 1.165) is 19.2 Å². The van der Waals surface area contributed by atoms with Crippen molar-refractivity contribution in [1.29, 1.82) is 5.26 Å². The predicted molar refractivity (Wildman–Crippen MR) is 74.1 cm³/mol. The third kappa shape index (κ3) is 4.00. The highest BCUT2D eigenvalue weighted by molar-refractivity contribution is 7.89. The summed E-state index contributed by atoms with van der Waals surface area (Å²) in [4.78, 5) is 1.73. The van der Waals surface area contributed by atoms with Crippen molar-refractivity contribution in [3.05, 3.63) is 29.6 Å². The zero-order chi connectivity index (χ0) is 15.2. The van der Waals surface area contributed by atoms with E-state index in [0.29, 0.717) is 6.54 Å². The van der Waals surface area contributed by atoms with Gasteiger partial charge in [-0.1, -0.05) is 19.9 Å². The van der Waals surface area contributed by atoms with Crippen LogP contribution in [0.2, 0.25) is 0 Å². The highest BCUT2D eigenvalue weighted by atomic mass is 32.2. The van der Waals surface area contributed by atoms with E-state index in [1.807, 2.05) is 13.8 Å². The quantitative estimate of drug-likeness (QED) is 0.824. The number of nitrogens with one attached hydrogen (secondary N) is 1. The Morgan fingerprint density at radius 3 is 2.55 bits per heavy atom.